The molecule has 0 saturated heterocycles. The van der Waals surface area contributed by atoms with Gasteiger partial charge in [-0.05, 0) is 22.3 Å². The van der Waals surface area contributed by atoms with Gasteiger partial charge in [0.1, 0.15) is 0 Å². The van der Waals surface area contributed by atoms with E-state index in [9.17, 15) is 0 Å². The minimum absolute atomic E-state index is 0.0631. The molecule has 0 fully saturated rings. The molecule has 0 atom stereocenters. The Balaban J connectivity index is 2.41. The molecule has 41 heavy (non-hydrogen) atoms. The van der Waals surface area contributed by atoms with Gasteiger partial charge in [0.25, 0.3) is 0 Å². The predicted octanol–water partition coefficient (Wildman–Crippen LogP) is 9.80. The van der Waals surface area contributed by atoms with Crippen LogP contribution in [0.2, 0.25) is 118 Å². The summed E-state index contributed by atoms with van der Waals surface area (Å²) in [7, 11) is -8.54. The number of hydrogen-bond donors (Lipinski definition) is 0. The van der Waals surface area contributed by atoms with E-state index >= 15 is 0 Å². The third kappa shape index (κ3) is 5.00. The van der Waals surface area contributed by atoms with Gasteiger partial charge in [0.15, 0.2) is 0 Å². The highest BCUT2D eigenvalue weighted by Gasteiger charge is 2.64. The summed E-state index contributed by atoms with van der Waals surface area (Å²) in [5.74, 6) is 0. The van der Waals surface area contributed by atoms with Crippen LogP contribution >= 0.6 is 0 Å². The maximum atomic E-state index is 2.82. The summed E-state index contributed by atoms with van der Waals surface area (Å²) < 4.78 is 0. The largest absolute Gasteiger partial charge is 0.0716 e. The van der Waals surface area contributed by atoms with E-state index in [-0.39, 0.29) is 5.41 Å². The summed E-state index contributed by atoms with van der Waals surface area (Å²) in [5, 5.41) is 3.68. The summed E-state index contributed by atoms with van der Waals surface area (Å²) in [4.78, 5) is 0. The van der Waals surface area contributed by atoms with Gasteiger partial charge in [0.2, 0.25) is 0 Å². The fourth-order valence-electron chi connectivity index (χ4n) is 12.6. The zero-order valence-corrected chi connectivity index (χ0v) is 39.0. The molecule has 0 saturated carbocycles. The minimum Gasteiger partial charge on any atom is -0.0716 e. The van der Waals surface area contributed by atoms with Crippen LogP contribution in [0.25, 0.3) is 11.1 Å². The third-order valence-corrected chi connectivity index (χ3v) is 154. The molecule has 0 spiro atoms. The van der Waals surface area contributed by atoms with Crippen molar-refractivity contribution in [2.45, 2.75) is 137 Å². The van der Waals surface area contributed by atoms with Crippen molar-refractivity contribution >= 4 is 69.2 Å². The van der Waals surface area contributed by atoms with Gasteiger partial charge in [-0.3, -0.25) is 0 Å². The van der Waals surface area contributed by atoms with Gasteiger partial charge in [-0.1, -0.05) is 178 Å². The second kappa shape index (κ2) is 10.1. The van der Waals surface area contributed by atoms with E-state index in [0.717, 1.165) is 0 Å². The molecule has 0 amide bonds. The van der Waals surface area contributed by atoms with Crippen LogP contribution in [0.1, 0.15) is 25.0 Å². The lowest BCUT2D eigenvalue weighted by Gasteiger charge is -2.58. The topological polar surface area (TPSA) is 0 Å². The van der Waals surface area contributed by atoms with E-state index in [1.165, 1.54) is 11.1 Å². The Kier molecular flexibility index (Phi) is 8.77. The van der Waals surface area contributed by atoms with Crippen molar-refractivity contribution in [1.29, 1.82) is 0 Å². The van der Waals surface area contributed by atoms with Gasteiger partial charge < -0.3 is 0 Å². The van der Waals surface area contributed by atoms with Gasteiger partial charge in [-0.25, -0.2) is 0 Å². The van der Waals surface area contributed by atoms with E-state index in [1.54, 1.807) is 11.1 Å². The number of rotatable bonds is 8. The SMILES string of the molecule is CC1(C)c2cc([Si]([Si](C)(C)C)([Si](C)(C)C)[Si](C)(C)C)ccc2-c2ccc([Si]([Si](C)(C)C)([Si](C)(C)C)[Si](C)(C)C)cc21. The molecule has 0 N–H and O–H groups in total. The maximum Gasteiger partial charge on any atom is 0.0685 e. The Labute approximate surface area is 263 Å². The third-order valence-electron chi connectivity index (χ3n) is 11.3. The molecule has 1 aliphatic carbocycles. The van der Waals surface area contributed by atoms with Crippen molar-refractivity contribution in [2.24, 2.45) is 0 Å². The summed E-state index contributed by atoms with van der Waals surface area (Å²) in [5.41, 5.74) is 6.40. The van der Waals surface area contributed by atoms with Crippen LogP contribution < -0.4 is 10.4 Å². The second-order valence-corrected chi connectivity index (χ2v) is 101. The van der Waals surface area contributed by atoms with Gasteiger partial charge in [-0.2, -0.15) is 0 Å². The summed E-state index contributed by atoms with van der Waals surface area (Å²) in [6.07, 6.45) is 0. The average Bonchev–Trinajstić information content (AvgIpc) is 2.89. The van der Waals surface area contributed by atoms with E-state index < -0.39 is 58.8 Å². The van der Waals surface area contributed by atoms with Gasteiger partial charge >= 0.3 is 0 Å². The van der Waals surface area contributed by atoms with E-state index in [2.05, 4.69) is 168 Å². The summed E-state index contributed by atoms with van der Waals surface area (Å²) in [6, 6.07) is 16.2. The van der Waals surface area contributed by atoms with Crippen molar-refractivity contribution in [2.75, 3.05) is 0 Å². The Hall–Kier alpha value is 0.175. The van der Waals surface area contributed by atoms with Gasteiger partial charge in [0, 0.05) is 51.0 Å². The monoisotopic (exact) mass is 686 g/mol. The number of benzene rings is 2. The first-order valence-electron chi connectivity index (χ1n) is 16.2. The van der Waals surface area contributed by atoms with Crippen molar-refractivity contribution in [1.82, 2.24) is 0 Å². The zero-order chi connectivity index (χ0) is 32.2. The number of hydrogen-bond acceptors (Lipinski definition) is 0. The summed E-state index contributed by atoms with van der Waals surface area (Å²) in [6.45, 7) is 51.1. The first-order chi connectivity index (χ1) is 17.9. The van der Waals surface area contributed by atoms with Crippen LogP contribution in [0, 0.1) is 0 Å². The smallest absolute Gasteiger partial charge is 0.0685 e. The quantitative estimate of drug-likeness (QED) is 0.243. The van der Waals surface area contributed by atoms with Crippen LogP contribution in [0.5, 0.6) is 0 Å². The Morgan fingerprint density at radius 3 is 0.780 bits per heavy atom. The molecule has 0 unspecified atom stereocenters. The van der Waals surface area contributed by atoms with Gasteiger partial charge in [0.05, 0.1) is 13.3 Å². The molecule has 0 aliphatic heterocycles. The molecule has 3 rings (SSSR count). The summed E-state index contributed by atoms with van der Waals surface area (Å²) >= 11 is 0. The molecule has 8 heteroatoms. The molecule has 0 aromatic heterocycles. The first kappa shape index (κ1) is 35.7. The molecule has 2 aromatic rings. The highest BCUT2D eigenvalue weighted by molar-refractivity contribution is 7.93. The first-order valence-corrected chi connectivity index (χ1v) is 47.2. The molecule has 230 valence electrons. The molecule has 0 bridgehead atoms. The van der Waals surface area contributed by atoms with Crippen LogP contribution in [0.3, 0.4) is 0 Å². The van der Waals surface area contributed by atoms with E-state index in [4.69, 9.17) is 0 Å². The molecule has 2 aromatic carbocycles. The normalized spacial score (nSPS) is 17.0. The molecular formula is C33H66Si8. The fraction of sp³-hybridized carbons (Fsp3) is 0.636. The lowest BCUT2D eigenvalue weighted by Crippen LogP contribution is -2.88. The van der Waals surface area contributed by atoms with Crippen LogP contribution in [-0.2, 0) is 5.41 Å². The minimum atomic E-state index is -1.66. The van der Waals surface area contributed by atoms with Crippen LogP contribution in [-0.4, -0.2) is 58.8 Å². The lowest BCUT2D eigenvalue weighted by molar-refractivity contribution is 0.661. The molecule has 1 aliphatic rings. The van der Waals surface area contributed by atoms with Crippen LogP contribution in [0.4, 0.5) is 0 Å². The number of fused-ring (bicyclic) bond motifs is 3. The van der Waals surface area contributed by atoms with E-state index in [0.29, 0.717) is 0 Å². The average molecular weight is 688 g/mol. The molecule has 0 heterocycles. The molecule has 0 nitrogen and oxygen atoms in total. The van der Waals surface area contributed by atoms with Gasteiger partial charge in [-0.15, -0.1) is 0 Å². The Morgan fingerprint density at radius 2 is 0.585 bits per heavy atom. The standard InChI is InChI=1S/C33H66Si8/c1-33(2)31-25-27(40(34(3,4)5,35(6,7)8)36(9,10)11)21-23-29(31)30-24-22-28(26-32(30)33)41(37(12,13)14,38(15,16)17)39(18,19)20/h21-26H,1-20H3. The highest BCUT2D eigenvalue weighted by Crippen LogP contribution is 2.50. The highest BCUT2D eigenvalue weighted by atomic mass is 29.9. The maximum absolute atomic E-state index is 2.82. The predicted molar refractivity (Wildman–Crippen MR) is 215 cm³/mol. The van der Waals surface area contributed by atoms with Crippen LogP contribution in [0.15, 0.2) is 36.4 Å². The van der Waals surface area contributed by atoms with E-state index in [1.807, 2.05) is 10.4 Å². The second-order valence-electron chi connectivity index (χ2n) is 20.1. The zero-order valence-electron chi connectivity index (χ0n) is 31.0. The van der Waals surface area contributed by atoms with Crippen molar-refractivity contribution in [3.05, 3.63) is 47.5 Å². The molecular weight excluding hydrogens is 621 g/mol. The Morgan fingerprint density at radius 1 is 0.366 bits per heavy atom. The molecule has 0 radical (unpaired) electrons. The van der Waals surface area contributed by atoms with Crippen molar-refractivity contribution in [3.8, 4) is 11.1 Å². The lowest BCUT2D eigenvalue weighted by atomic mass is 9.82. The Bertz CT molecular complexity index is 1140. The van der Waals surface area contributed by atoms with Crippen molar-refractivity contribution < 1.29 is 0 Å². The fourth-order valence-corrected chi connectivity index (χ4v) is 213. The van der Waals surface area contributed by atoms with Crippen molar-refractivity contribution in [3.63, 3.8) is 0 Å².